The van der Waals surface area contributed by atoms with E-state index >= 15 is 0 Å². The van der Waals surface area contributed by atoms with Crippen molar-refractivity contribution < 1.29 is 9.84 Å². The highest BCUT2D eigenvalue weighted by atomic mass is 79.9. The van der Waals surface area contributed by atoms with Crippen molar-refractivity contribution in [1.29, 1.82) is 0 Å². The predicted octanol–water partition coefficient (Wildman–Crippen LogP) is 4.43. The van der Waals surface area contributed by atoms with Gasteiger partial charge in [-0.15, -0.1) is 0 Å². The van der Waals surface area contributed by atoms with E-state index in [1.165, 1.54) is 7.11 Å². The smallest absolute Gasteiger partial charge is 0.160 e. The number of anilines is 1. The molecule has 0 saturated carbocycles. The van der Waals surface area contributed by atoms with E-state index in [0.29, 0.717) is 17.3 Å². The largest absolute Gasteiger partial charge is 0.504 e. The highest BCUT2D eigenvalue weighted by Crippen LogP contribution is 2.29. The maximum Gasteiger partial charge on any atom is 0.160 e. The summed E-state index contributed by atoms with van der Waals surface area (Å²) in [5.41, 5.74) is 1.91. The van der Waals surface area contributed by atoms with Crippen LogP contribution in [0.25, 0.3) is 0 Å². The lowest BCUT2D eigenvalue weighted by molar-refractivity contribution is 0.373. The lowest BCUT2D eigenvalue weighted by Gasteiger charge is -2.09. The van der Waals surface area contributed by atoms with Gasteiger partial charge in [0.1, 0.15) is 0 Å². The molecule has 3 nitrogen and oxygen atoms in total. The zero-order valence-electron chi connectivity index (χ0n) is 10.3. The molecule has 0 aliphatic rings. The fraction of sp³-hybridized carbons (Fsp3) is 0.143. The lowest BCUT2D eigenvalue weighted by Crippen LogP contribution is -1.99. The van der Waals surface area contributed by atoms with Crippen molar-refractivity contribution in [2.24, 2.45) is 0 Å². The van der Waals surface area contributed by atoms with Gasteiger partial charge in [-0.2, -0.15) is 0 Å². The summed E-state index contributed by atoms with van der Waals surface area (Å²) in [7, 11) is 1.52. The first-order chi connectivity index (χ1) is 9.10. The number of ether oxygens (including phenoxy) is 1. The second kappa shape index (κ2) is 6.17. The number of hydrogen-bond donors (Lipinski definition) is 2. The molecule has 0 heterocycles. The molecule has 2 rings (SSSR count). The normalized spacial score (nSPS) is 10.3. The van der Waals surface area contributed by atoms with E-state index in [0.717, 1.165) is 15.7 Å². The van der Waals surface area contributed by atoms with E-state index < -0.39 is 0 Å². The Kier molecular flexibility index (Phi) is 4.56. The molecule has 0 unspecified atom stereocenters. The number of benzene rings is 2. The number of methoxy groups -OCH3 is 1. The molecule has 100 valence electrons. The van der Waals surface area contributed by atoms with Gasteiger partial charge in [0.25, 0.3) is 0 Å². The number of aromatic hydroxyl groups is 1. The third-order valence-corrected chi connectivity index (χ3v) is 3.87. The summed E-state index contributed by atoms with van der Waals surface area (Å²) in [6.07, 6.45) is 0. The molecule has 0 fully saturated rings. The van der Waals surface area contributed by atoms with Crippen molar-refractivity contribution in [3.63, 3.8) is 0 Å². The number of phenols is 1. The van der Waals surface area contributed by atoms with Crippen LogP contribution in [0.4, 0.5) is 5.69 Å². The van der Waals surface area contributed by atoms with Gasteiger partial charge in [0, 0.05) is 22.8 Å². The molecule has 0 aromatic heterocycles. The maximum atomic E-state index is 9.68. The molecule has 19 heavy (non-hydrogen) atoms. The quantitative estimate of drug-likeness (QED) is 0.863. The summed E-state index contributed by atoms with van der Waals surface area (Å²) < 4.78 is 5.86. The molecule has 0 amide bonds. The van der Waals surface area contributed by atoms with Crippen LogP contribution in [-0.4, -0.2) is 12.2 Å². The molecule has 0 saturated heterocycles. The molecular weight excluding hydrogens is 330 g/mol. The average molecular weight is 343 g/mol. The van der Waals surface area contributed by atoms with E-state index in [1.54, 1.807) is 12.1 Å². The number of nitrogens with one attached hydrogen (secondary N) is 1. The zero-order chi connectivity index (χ0) is 13.8. The first-order valence-corrected chi connectivity index (χ1v) is 6.82. The lowest BCUT2D eigenvalue weighted by atomic mass is 10.2. The Morgan fingerprint density at radius 3 is 2.68 bits per heavy atom. The number of phenolic OH excluding ortho intramolecular Hbond substituents is 1. The van der Waals surface area contributed by atoms with E-state index in [1.807, 2.05) is 24.3 Å². The standard InChI is InChI=1S/C14H13BrClNO2/c1-19-14-5-3-10(7-13(14)18)17-8-9-2-4-12(16)11(15)6-9/h2-7,17-18H,8H2,1H3. The average Bonchev–Trinajstić information content (AvgIpc) is 2.40. The minimum Gasteiger partial charge on any atom is -0.504 e. The Hall–Kier alpha value is -1.39. The van der Waals surface area contributed by atoms with Crippen LogP contribution >= 0.6 is 27.5 Å². The number of halogens is 2. The minimum atomic E-state index is 0.116. The Labute approximate surface area is 125 Å². The van der Waals surface area contributed by atoms with Crippen LogP contribution in [0.15, 0.2) is 40.9 Å². The Bertz CT molecular complexity index is 590. The summed E-state index contributed by atoms with van der Waals surface area (Å²) in [5.74, 6) is 0.574. The summed E-state index contributed by atoms with van der Waals surface area (Å²) in [4.78, 5) is 0. The first-order valence-electron chi connectivity index (χ1n) is 5.65. The van der Waals surface area contributed by atoms with Gasteiger partial charge in [0.15, 0.2) is 11.5 Å². The summed E-state index contributed by atoms with van der Waals surface area (Å²) in [6, 6.07) is 10.9. The van der Waals surface area contributed by atoms with Crippen LogP contribution < -0.4 is 10.1 Å². The number of hydrogen-bond acceptors (Lipinski definition) is 3. The SMILES string of the molecule is COc1ccc(NCc2ccc(Cl)c(Br)c2)cc1O. The van der Waals surface area contributed by atoms with E-state index in [9.17, 15) is 5.11 Å². The van der Waals surface area contributed by atoms with Crippen LogP contribution in [0.2, 0.25) is 5.02 Å². The molecule has 2 N–H and O–H groups in total. The third kappa shape index (κ3) is 3.55. The Morgan fingerprint density at radius 1 is 1.26 bits per heavy atom. The molecule has 2 aromatic carbocycles. The molecule has 0 aliphatic heterocycles. The van der Waals surface area contributed by atoms with Gasteiger partial charge in [-0.05, 0) is 45.8 Å². The Balaban J connectivity index is 2.05. The predicted molar refractivity (Wildman–Crippen MR) is 81.1 cm³/mol. The highest BCUT2D eigenvalue weighted by Gasteiger charge is 2.03. The van der Waals surface area contributed by atoms with Crippen LogP contribution in [0, 0.1) is 0 Å². The summed E-state index contributed by atoms with van der Waals surface area (Å²) in [6.45, 7) is 0.640. The first kappa shape index (κ1) is 14.0. The van der Waals surface area contributed by atoms with Crippen molar-refractivity contribution in [3.8, 4) is 11.5 Å². The van der Waals surface area contributed by atoms with Crippen molar-refractivity contribution in [1.82, 2.24) is 0 Å². The second-order valence-corrected chi connectivity index (χ2v) is 5.25. The molecule has 0 spiro atoms. The van der Waals surface area contributed by atoms with Crippen LogP contribution in [-0.2, 0) is 6.54 Å². The third-order valence-electron chi connectivity index (χ3n) is 2.66. The monoisotopic (exact) mass is 341 g/mol. The molecular formula is C14H13BrClNO2. The van der Waals surface area contributed by atoms with Gasteiger partial charge in [0.05, 0.1) is 12.1 Å². The molecule has 0 aliphatic carbocycles. The highest BCUT2D eigenvalue weighted by molar-refractivity contribution is 9.10. The van der Waals surface area contributed by atoms with Crippen molar-refractivity contribution in [3.05, 3.63) is 51.5 Å². The zero-order valence-corrected chi connectivity index (χ0v) is 12.6. The van der Waals surface area contributed by atoms with Gasteiger partial charge in [0.2, 0.25) is 0 Å². The van der Waals surface area contributed by atoms with E-state index in [-0.39, 0.29) is 5.75 Å². The topological polar surface area (TPSA) is 41.5 Å². The molecule has 5 heteroatoms. The van der Waals surface area contributed by atoms with Crippen molar-refractivity contribution in [2.45, 2.75) is 6.54 Å². The summed E-state index contributed by atoms with van der Waals surface area (Å²) >= 11 is 9.32. The van der Waals surface area contributed by atoms with Gasteiger partial charge in [-0.25, -0.2) is 0 Å². The van der Waals surface area contributed by atoms with Crippen molar-refractivity contribution >= 4 is 33.2 Å². The van der Waals surface area contributed by atoms with Gasteiger partial charge < -0.3 is 15.2 Å². The van der Waals surface area contributed by atoms with Crippen LogP contribution in [0.1, 0.15) is 5.56 Å². The van der Waals surface area contributed by atoms with Gasteiger partial charge >= 0.3 is 0 Å². The van der Waals surface area contributed by atoms with Gasteiger partial charge in [-0.1, -0.05) is 17.7 Å². The van der Waals surface area contributed by atoms with Crippen LogP contribution in [0.3, 0.4) is 0 Å². The fourth-order valence-electron chi connectivity index (χ4n) is 1.65. The van der Waals surface area contributed by atoms with E-state index in [2.05, 4.69) is 21.2 Å². The van der Waals surface area contributed by atoms with Gasteiger partial charge in [-0.3, -0.25) is 0 Å². The minimum absolute atomic E-state index is 0.116. The second-order valence-electron chi connectivity index (χ2n) is 3.99. The Morgan fingerprint density at radius 2 is 2.05 bits per heavy atom. The molecule has 0 radical (unpaired) electrons. The molecule has 0 bridgehead atoms. The fourth-order valence-corrected chi connectivity index (χ4v) is 2.20. The van der Waals surface area contributed by atoms with E-state index in [4.69, 9.17) is 16.3 Å². The van der Waals surface area contributed by atoms with Crippen molar-refractivity contribution in [2.75, 3.05) is 12.4 Å². The summed E-state index contributed by atoms with van der Waals surface area (Å²) in [5, 5.41) is 13.6. The molecule has 2 aromatic rings. The maximum absolute atomic E-state index is 9.68. The number of rotatable bonds is 4. The van der Waals surface area contributed by atoms with Crippen LogP contribution in [0.5, 0.6) is 11.5 Å². The molecule has 0 atom stereocenters.